The van der Waals surface area contributed by atoms with Crippen LogP contribution in [0.4, 0.5) is 0 Å². The Morgan fingerprint density at radius 1 is 1.09 bits per heavy atom. The van der Waals surface area contributed by atoms with Crippen molar-refractivity contribution in [3.05, 3.63) is 58.1 Å². The number of hydrogen-bond acceptors (Lipinski definition) is 4. The first-order valence-corrected chi connectivity index (χ1v) is 7.21. The van der Waals surface area contributed by atoms with Gasteiger partial charge in [0, 0.05) is 16.1 Å². The molecule has 0 aromatic heterocycles. The number of ether oxygens (including phenoxy) is 2. The van der Waals surface area contributed by atoms with Gasteiger partial charge in [-0.25, -0.2) is 0 Å². The van der Waals surface area contributed by atoms with Crippen LogP contribution in [0, 0.1) is 0 Å². The molecule has 6 heteroatoms. The minimum atomic E-state index is -1.68. The Morgan fingerprint density at radius 3 is 2.50 bits per heavy atom. The summed E-state index contributed by atoms with van der Waals surface area (Å²) in [6, 6.07) is 10.1. The van der Waals surface area contributed by atoms with Crippen molar-refractivity contribution in [1.29, 1.82) is 0 Å². The minimum Gasteiger partial charge on any atom is -0.486 e. The third-order valence-electron chi connectivity index (χ3n) is 3.87. The molecule has 0 radical (unpaired) electrons. The van der Waals surface area contributed by atoms with Crippen LogP contribution in [0.5, 0.6) is 11.5 Å². The average molecular weight is 318 g/mol. The molecule has 2 aromatic rings. The lowest BCUT2D eigenvalue weighted by Gasteiger charge is -2.26. The maximum absolute atomic E-state index is 12.2. The second kappa shape index (κ2) is 4.63. The average Bonchev–Trinajstić information content (AvgIpc) is 2.77. The van der Waals surface area contributed by atoms with Crippen molar-refractivity contribution in [2.45, 2.75) is 5.72 Å². The van der Waals surface area contributed by atoms with E-state index in [4.69, 9.17) is 21.1 Å². The van der Waals surface area contributed by atoms with E-state index in [1.165, 1.54) is 0 Å². The van der Waals surface area contributed by atoms with Gasteiger partial charge in [-0.1, -0.05) is 29.8 Å². The van der Waals surface area contributed by atoms with Crippen LogP contribution in [0.25, 0.3) is 0 Å². The zero-order chi connectivity index (χ0) is 15.3. The van der Waals surface area contributed by atoms with Crippen LogP contribution in [0.1, 0.15) is 21.5 Å². The lowest BCUT2D eigenvalue weighted by Crippen LogP contribution is -2.40. The van der Waals surface area contributed by atoms with Crippen LogP contribution in [-0.4, -0.2) is 24.2 Å². The monoisotopic (exact) mass is 317 g/mol. The number of fused-ring (bicyclic) bond motifs is 2. The Morgan fingerprint density at radius 2 is 1.77 bits per heavy atom. The summed E-state index contributed by atoms with van der Waals surface area (Å²) in [7, 11) is 0. The fourth-order valence-corrected chi connectivity index (χ4v) is 3.11. The van der Waals surface area contributed by atoms with Gasteiger partial charge < -0.3 is 19.9 Å². The van der Waals surface area contributed by atoms with Crippen LogP contribution in [0.3, 0.4) is 0 Å². The first-order chi connectivity index (χ1) is 10.6. The summed E-state index contributed by atoms with van der Waals surface area (Å²) in [4.78, 5) is 12.2. The summed E-state index contributed by atoms with van der Waals surface area (Å²) in [5.41, 5.74) is -0.498. The van der Waals surface area contributed by atoms with Crippen molar-refractivity contribution >= 4 is 17.5 Å². The molecule has 0 saturated heterocycles. The third-order valence-corrected chi connectivity index (χ3v) is 4.20. The van der Waals surface area contributed by atoms with Crippen LogP contribution in [-0.2, 0) is 5.72 Å². The van der Waals surface area contributed by atoms with Crippen LogP contribution >= 0.6 is 11.6 Å². The van der Waals surface area contributed by atoms with Gasteiger partial charge in [-0.3, -0.25) is 4.79 Å². The highest BCUT2D eigenvalue weighted by atomic mass is 35.5. The van der Waals surface area contributed by atoms with Crippen molar-refractivity contribution in [1.82, 2.24) is 5.32 Å². The maximum Gasteiger partial charge on any atom is 0.254 e. The summed E-state index contributed by atoms with van der Waals surface area (Å²) in [5.74, 6) is 0.630. The number of rotatable bonds is 1. The van der Waals surface area contributed by atoms with E-state index in [-0.39, 0.29) is 5.91 Å². The molecule has 22 heavy (non-hydrogen) atoms. The zero-order valence-electron chi connectivity index (χ0n) is 11.4. The lowest BCUT2D eigenvalue weighted by atomic mass is 9.94. The van der Waals surface area contributed by atoms with E-state index in [1.54, 1.807) is 36.4 Å². The SMILES string of the molecule is O=C1N[C@@](O)(c2ccccc2Cl)c2cc3c(cc21)OCCO3. The van der Waals surface area contributed by atoms with Gasteiger partial charge in [0.25, 0.3) is 5.91 Å². The van der Waals surface area contributed by atoms with Crippen molar-refractivity contribution < 1.29 is 19.4 Å². The molecule has 0 bridgehead atoms. The predicted octanol–water partition coefficient (Wildman–Crippen LogP) is 2.05. The van der Waals surface area contributed by atoms with Gasteiger partial charge in [0.1, 0.15) is 13.2 Å². The molecule has 5 nitrogen and oxygen atoms in total. The van der Waals surface area contributed by atoms with Gasteiger partial charge in [0.15, 0.2) is 17.2 Å². The number of halogens is 1. The number of amides is 1. The van der Waals surface area contributed by atoms with Crippen molar-refractivity contribution in [2.75, 3.05) is 13.2 Å². The summed E-state index contributed by atoms with van der Waals surface area (Å²) >= 11 is 6.18. The Labute approximate surface area is 131 Å². The molecule has 2 heterocycles. The number of aliphatic hydroxyl groups is 1. The fraction of sp³-hybridized carbons (Fsp3) is 0.188. The predicted molar refractivity (Wildman–Crippen MR) is 79.3 cm³/mol. The zero-order valence-corrected chi connectivity index (χ0v) is 12.2. The van der Waals surface area contributed by atoms with Crippen LogP contribution < -0.4 is 14.8 Å². The maximum atomic E-state index is 12.2. The summed E-state index contributed by atoms with van der Waals surface area (Å²) in [5, 5.41) is 14.0. The molecular formula is C16H12ClNO4. The topological polar surface area (TPSA) is 67.8 Å². The number of nitrogens with one attached hydrogen (secondary N) is 1. The second-order valence-electron chi connectivity index (χ2n) is 5.19. The Kier molecular flexibility index (Phi) is 2.82. The molecule has 0 aliphatic carbocycles. The Hall–Kier alpha value is -2.24. The van der Waals surface area contributed by atoms with E-state index in [1.807, 2.05) is 0 Å². The minimum absolute atomic E-state index is 0.353. The molecule has 1 atom stereocenters. The van der Waals surface area contributed by atoms with Crippen LogP contribution in [0.2, 0.25) is 5.02 Å². The Balaban J connectivity index is 1.93. The molecule has 4 rings (SSSR count). The largest absolute Gasteiger partial charge is 0.486 e. The first kappa shape index (κ1) is 13.4. The van der Waals surface area contributed by atoms with Gasteiger partial charge in [-0.2, -0.15) is 0 Å². The van der Waals surface area contributed by atoms with E-state index < -0.39 is 5.72 Å². The van der Waals surface area contributed by atoms with E-state index in [9.17, 15) is 9.90 Å². The van der Waals surface area contributed by atoms with Crippen LogP contribution in [0.15, 0.2) is 36.4 Å². The fourth-order valence-electron chi connectivity index (χ4n) is 2.84. The van der Waals surface area contributed by atoms with Crippen molar-refractivity contribution in [2.24, 2.45) is 0 Å². The van der Waals surface area contributed by atoms with Crippen molar-refractivity contribution in [3.8, 4) is 11.5 Å². The molecule has 2 aliphatic rings. The van der Waals surface area contributed by atoms with Gasteiger partial charge >= 0.3 is 0 Å². The van der Waals surface area contributed by atoms with E-state index >= 15 is 0 Å². The highest BCUT2D eigenvalue weighted by molar-refractivity contribution is 6.31. The van der Waals surface area contributed by atoms with Crippen molar-refractivity contribution in [3.63, 3.8) is 0 Å². The molecule has 2 N–H and O–H groups in total. The van der Waals surface area contributed by atoms with Gasteiger partial charge in [0.05, 0.1) is 5.56 Å². The summed E-state index contributed by atoms with van der Waals surface area (Å²) < 4.78 is 11.0. The van der Waals surface area contributed by atoms with E-state index in [2.05, 4.69) is 5.32 Å². The molecule has 112 valence electrons. The standard InChI is InChI=1S/C16H12ClNO4/c17-12-4-2-1-3-10(12)16(20)11-8-14-13(21-5-6-22-14)7-9(11)15(19)18-16/h1-4,7-8,20H,5-6H2,(H,18,19)/t16-/m1/s1. The number of carbonyl (C=O) groups is 1. The molecule has 1 amide bonds. The highest BCUT2D eigenvalue weighted by Gasteiger charge is 2.45. The number of carbonyl (C=O) groups excluding carboxylic acids is 1. The normalized spacial score (nSPS) is 22.2. The molecule has 2 aromatic carbocycles. The van der Waals surface area contributed by atoms with Gasteiger partial charge in [0.2, 0.25) is 0 Å². The molecule has 0 fully saturated rings. The molecule has 2 aliphatic heterocycles. The molecule has 0 saturated carbocycles. The second-order valence-corrected chi connectivity index (χ2v) is 5.59. The highest BCUT2D eigenvalue weighted by Crippen LogP contribution is 2.43. The quantitative estimate of drug-likeness (QED) is 0.844. The Bertz CT molecular complexity index is 792. The number of benzene rings is 2. The third kappa shape index (κ3) is 1.79. The van der Waals surface area contributed by atoms with E-state index in [0.29, 0.717) is 46.4 Å². The smallest absolute Gasteiger partial charge is 0.254 e. The van der Waals surface area contributed by atoms with Gasteiger partial charge in [-0.05, 0) is 18.2 Å². The first-order valence-electron chi connectivity index (χ1n) is 6.83. The summed E-state index contributed by atoms with van der Waals surface area (Å²) in [6.07, 6.45) is 0. The number of hydrogen-bond donors (Lipinski definition) is 2. The summed E-state index contributed by atoms with van der Waals surface area (Å²) in [6.45, 7) is 0.861. The van der Waals surface area contributed by atoms with E-state index in [0.717, 1.165) is 0 Å². The molecule has 0 spiro atoms. The molecular weight excluding hydrogens is 306 g/mol. The molecule has 0 unspecified atom stereocenters. The lowest BCUT2D eigenvalue weighted by molar-refractivity contribution is 0.0474. The van der Waals surface area contributed by atoms with Gasteiger partial charge in [-0.15, -0.1) is 0 Å².